The minimum absolute atomic E-state index is 0.00947. The number of guanidine groups is 2. The van der Waals surface area contributed by atoms with E-state index in [0.29, 0.717) is 19.3 Å². The normalized spacial score (nSPS) is 24.6. The van der Waals surface area contributed by atoms with Crippen molar-refractivity contribution in [3.63, 3.8) is 0 Å². The predicted octanol–water partition coefficient (Wildman–Crippen LogP) is -7.98. The molecule has 28 N–H and O–H groups in total. The van der Waals surface area contributed by atoms with E-state index in [-0.39, 0.29) is 147 Å². The van der Waals surface area contributed by atoms with Crippen LogP contribution in [0.3, 0.4) is 0 Å². The number of amides is 14. The van der Waals surface area contributed by atoms with E-state index in [4.69, 9.17) is 40.1 Å². The lowest BCUT2D eigenvalue weighted by Crippen LogP contribution is -2.61. The number of unbranched alkanes of at least 4 members (excludes halogenated alkanes) is 2. The van der Waals surface area contributed by atoms with Crippen molar-refractivity contribution in [3.8, 4) is 0 Å². The highest BCUT2D eigenvalue weighted by Gasteiger charge is 2.37. The fourth-order valence-electron chi connectivity index (χ4n) is 10.1. The molecule has 0 bridgehead atoms. The number of nitrogens with two attached hydrogens (primary N) is 7. The van der Waals surface area contributed by atoms with Gasteiger partial charge >= 0.3 is 0 Å². The molecule has 12 atom stereocenters. The highest BCUT2D eigenvalue weighted by Crippen LogP contribution is 2.14. The summed E-state index contributed by atoms with van der Waals surface area (Å²) in [4.78, 5) is 203. The van der Waals surface area contributed by atoms with E-state index >= 15 is 0 Å². The summed E-state index contributed by atoms with van der Waals surface area (Å²) in [6, 6.07) is -16.3. The second-order valence-electron chi connectivity index (χ2n) is 24.3. The maximum absolute atomic E-state index is 14.9. The van der Waals surface area contributed by atoms with Gasteiger partial charge in [0.25, 0.3) is 0 Å². The van der Waals surface area contributed by atoms with Gasteiger partial charge in [-0.25, -0.2) is 0 Å². The molecule has 96 heavy (non-hydrogen) atoms. The number of aliphatic hydroxyl groups is 1. The molecule has 2 aliphatic rings. The Bertz CT molecular complexity index is 2690. The molecule has 0 aliphatic carbocycles. The molecule has 2 saturated heterocycles. The van der Waals surface area contributed by atoms with Crippen molar-refractivity contribution < 1.29 is 72.2 Å². The molecule has 2 fully saturated rings. The monoisotopic (exact) mass is 1360 g/mol. The molecule has 37 nitrogen and oxygen atoms in total. The molecule has 0 aromatic carbocycles. The standard InChI is InChI=1S/C59H106N22O15/c1-31(2)28-42-55(94)79-41(47(62)86)29-44(84)67-24-13-9-19-38(50(89)76-40(21-15-27-70-59(65)66)52(91)75-36(53(92)80-42)16-6-10-22-60)77-56(95)43-30-45(85)68-25-12-8-18-35(78-57(96)46(33(4)82)72-34(5)83)49(88)71-32(3)48(87)73-39(20-14-26-69-58(63)64)51(90)74-37(54(93)81-43)17-7-11-23-61/h31-33,35-43,46,82H,6-30,60-61H2,1-5H3,(H2,62,86)(H,67,84)(H,68,85)(H,71,88)(H,72,83)(H,73,87)(H,74,90)(H,75,91)(H,76,89)(H,77,95)(H,78,96)(H,79,94)(H,80,92)(H,81,93)(H4,63,64,69)(H4,65,66,70)/t32-,33+,35-,36-,37-,38-,39-,40-,41-,42-,43-,46-/m0/s1. The maximum atomic E-state index is 14.9. The topological polar surface area (TPSA) is 622 Å². The molecule has 0 spiro atoms. The molecule has 2 rings (SSSR count). The third-order valence-corrected chi connectivity index (χ3v) is 15.4. The van der Waals surface area contributed by atoms with Gasteiger partial charge in [0.1, 0.15) is 66.5 Å². The number of carbonyl (C=O) groups is 14. The summed E-state index contributed by atoms with van der Waals surface area (Å²) in [5.74, 6) is -13.3. The lowest BCUT2D eigenvalue weighted by atomic mass is 10.0. The molecule has 14 amide bonds. The van der Waals surface area contributed by atoms with E-state index in [9.17, 15) is 72.2 Å². The van der Waals surface area contributed by atoms with Gasteiger partial charge in [0.05, 0.1) is 18.9 Å². The van der Waals surface area contributed by atoms with Crippen LogP contribution in [0.1, 0.15) is 157 Å². The van der Waals surface area contributed by atoms with Crippen LogP contribution in [0.5, 0.6) is 0 Å². The molecule has 2 heterocycles. The molecule has 0 saturated carbocycles. The number of nitrogens with one attached hydrogen (secondary N) is 13. The predicted molar refractivity (Wildman–Crippen MR) is 352 cm³/mol. The number of hydrogen-bond donors (Lipinski definition) is 21. The van der Waals surface area contributed by atoms with Crippen LogP contribution in [0.25, 0.3) is 0 Å². The third-order valence-electron chi connectivity index (χ3n) is 15.4. The van der Waals surface area contributed by atoms with Crippen LogP contribution in [0.4, 0.5) is 0 Å². The molecular formula is C59H106N22O15. The van der Waals surface area contributed by atoms with Crippen molar-refractivity contribution >= 4 is 94.6 Å². The summed E-state index contributed by atoms with van der Waals surface area (Å²) in [5.41, 5.74) is 39.5. The second kappa shape index (κ2) is 44.6. The fourth-order valence-corrected chi connectivity index (χ4v) is 10.1. The van der Waals surface area contributed by atoms with Crippen molar-refractivity contribution in [1.82, 2.24) is 69.1 Å². The van der Waals surface area contributed by atoms with Gasteiger partial charge in [-0.15, -0.1) is 0 Å². The van der Waals surface area contributed by atoms with Crippen LogP contribution in [0, 0.1) is 5.92 Å². The first-order valence-corrected chi connectivity index (χ1v) is 32.7. The van der Waals surface area contributed by atoms with Crippen LogP contribution in [-0.2, 0) is 67.1 Å². The van der Waals surface area contributed by atoms with Gasteiger partial charge in [0.15, 0.2) is 11.9 Å². The summed E-state index contributed by atoms with van der Waals surface area (Å²) in [6.07, 6.45) is -1.75. The smallest absolute Gasteiger partial charge is 0.245 e. The van der Waals surface area contributed by atoms with E-state index in [2.05, 4.69) is 79.1 Å². The summed E-state index contributed by atoms with van der Waals surface area (Å²) in [6.45, 7) is 7.35. The number of nitrogens with zero attached hydrogens (tertiary/aromatic N) is 2. The maximum Gasteiger partial charge on any atom is 0.245 e. The first kappa shape index (κ1) is 83.1. The van der Waals surface area contributed by atoms with Gasteiger partial charge < -0.3 is 114 Å². The summed E-state index contributed by atoms with van der Waals surface area (Å²) in [7, 11) is 0. The molecule has 0 aromatic rings. The largest absolute Gasteiger partial charge is 0.391 e. The van der Waals surface area contributed by atoms with Crippen molar-refractivity contribution in [2.45, 2.75) is 229 Å². The molecule has 542 valence electrons. The lowest BCUT2D eigenvalue weighted by molar-refractivity contribution is -0.137. The van der Waals surface area contributed by atoms with Crippen LogP contribution >= 0.6 is 0 Å². The number of primary amides is 1. The number of aliphatic imine (C=N–C) groups is 2. The number of rotatable bonds is 25. The minimum Gasteiger partial charge on any atom is -0.391 e. The number of aliphatic hydroxyl groups excluding tert-OH is 1. The van der Waals surface area contributed by atoms with Crippen LogP contribution in [0.2, 0.25) is 0 Å². The van der Waals surface area contributed by atoms with E-state index in [0.717, 1.165) is 6.92 Å². The van der Waals surface area contributed by atoms with E-state index in [1.54, 1.807) is 13.8 Å². The van der Waals surface area contributed by atoms with Gasteiger partial charge in [0.2, 0.25) is 82.7 Å². The Morgan fingerprint density at radius 2 is 0.906 bits per heavy atom. The Labute approximate surface area is 558 Å². The quantitative estimate of drug-likeness (QED) is 0.0229. The zero-order chi connectivity index (χ0) is 72.0. The molecule has 0 radical (unpaired) electrons. The van der Waals surface area contributed by atoms with Crippen molar-refractivity contribution in [2.75, 3.05) is 39.3 Å². The average Bonchev–Trinajstić information content (AvgIpc) is 1.75. The fraction of sp³-hybridized carbons (Fsp3) is 0.729. The summed E-state index contributed by atoms with van der Waals surface area (Å²) < 4.78 is 0. The minimum atomic E-state index is -1.83. The number of carbonyl (C=O) groups excluding carboxylic acids is 14. The Hall–Kier alpha value is -9.00. The Morgan fingerprint density at radius 3 is 1.34 bits per heavy atom. The second-order valence-corrected chi connectivity index (χ2v) is 24.3. The molecular weight excluding hydrogens is 1260 g/mol. The Morgan fingerprint density at radius 1 is 0.510 bits per heavy atom. The molecule has 0 aromatic heterocycles. The molecule has 0 unspecified atom stereocenters. The van der Waals surface area contributed by atoms with Crippen molar-refractivity contribution in [3.05, 3.63) is 0 Å². The van der Waals surface area contributed by atoms with E-state index < -0.39 is 168 Å². The van der Waals surface area contributed by atoms with Gasteiger partial charge in [-0.3, -0.25) is 77.1 Å². The number of hydrogen-bond acceptors (Lipinski definition) is 19. The molecule has 2 aliphatic heterocycles. The van der Waals surface area contributed by atoms with Gasteiger partial charge in [-0.05, 0) is 142 Å². The van der Waals surface area contributed by atoms with Crippen molar-refractivity contribution in [2.24, 2.45) is 56.0 Å². The average molecular weight is 1360 g/mol. The van der Waals surface area contributed by atoms with Crippen LogP contribution in [0.15, 0.2) is 9.98 Å². The van der Waals surface area contributed by atoms with E-state index in [1.807, 2.05) is 0 Å². The molecule has 37 heteroatoms. The Kier molecular flexibility index (Phi) is 38.6. The SMILES string of the molecule is CC(=O)N[C@H](C(=O)N[C@H]1CCCCNC(=O)C[C@@H](C(=O)N[C@H]2CCCCNC(=O)C[C@@H](C(N)=O)NC(=O)[C@H](CC(C)C)NC(=O)[C@H](CCCCN)NC(=O)[C@H](CCCN=C(N)N)NC2=O)NC(=O)[C@H](CCCCN)NC(=O)[C@H](CCCN=C(N)N)NC(=O)[C@H](C)NC1=O)[C@@H](C)O. The van der Waals surface area contributed by atoms with Crippen molar-refractivity contribution in [1.29, 1.82) is 0 Å². The van der Waals surface area contributed by atoms with Gasteiger partial charge in [-0.1, -0.05) is 13.8 Å². The zero-order valence-corrected chi connectivity index (χ0v) is 55.8. The summed E-state index contributed by atoms with van der Waals surface area (Å²) in [5, 5.41) is 43.9. The Balaban J connectivity index is 2.85. The highest BCUT2D eigenvalue weighted by molar-refractivity contribution is 6.00. The lowest BCUT2D eigenvalue weighted by Gasteiger charge is -2.29. The van der Waals surface area contributed by atoms with E-state index in [1.165, 1.54) is 13.8 Å². The van der Waals surface area contributed by atoms with Gasteiger partial charge in [-0.2, -0.15) is 0 Å². The van der Waals surface area contributed by atoms with Crippen LogP contribution < -0.4 is 109 Å². The van der Waals surface area contributed by atoms with Crippen LogP contribution in [-0.4, -0.2) is 212 Å². The zero-order valence-electron chi connectivity index (χ0n) is 55.8. The first-order chi connectivity index (χ1) is 45.4. The summed E-state index contributed by atoms with van der Waals surface area (Å²) >= 11 is 0. The third kappa shape index (κ3) is 32.9. The first-order valence-electron chi connectivity index (χ1n) is 32.7. The highest BCUT2D eigenvalue weighted by atomic mass is 16.3. The van der Waals surface area contributed by atoms with Gasteiger partial charge in [0, 0.05) is 33.1 Å².